The summed E-state index contributed by atoms with van der Waals surface area (Å²) in [6, 6.07) is 23.0. The zero-order valence-electron chi connectivity index (χ0n) is 28.5. The summed E-state index contributed by atoms with van der Waals surface area (Å²) in [6.07, 6.45) is 2.49. The number of hydrogen-bond donors (Lipinski definition) is 1. The van der Waals surface area contributed by atoms with Crippen LogP contribution in [-0.2, 0) is 22.5 Å². The first-order chi connectivity index (χ1) is 24.7. The van der Waals surface area contributed by atoms with Crippen LogP contribution in [0.3, 0.4) is 0 Å². The van der Waals surface area contributed by atoms with Gasteiger partial charge in [-0.2, -0.15) is 5.26 Å². The summed E-state index contributed by atoms with van der Waals surface area (Å²) in [5.41, 5.74) is 5.41. The van der Waals surface area contributed by atoms with E-state index in [1.165, 1.54) is 28.8 Å². The molecular formula is C39H38ClN7O4. The van der Waals surface area contributed by atoms with Gasteiger partial charge in [0.2, 0.25) is 5.82 Å². The maximum Gasteiger partial charge on any atom is 0.261 e. The minimum absolute atomic E-state index is 0.0302. The molecule has 1 saturated heterocycles. The van der Waals surface area contributed by atoms with Gasteiger partial charge < -0.3 is 19.6 Å². The predicted molar refractivity (Wildman–Crippen MR) is 192 cm³/mol. The Morgan fingerprint density at radius 1 is 1.04 bits per heavy atom. The largest absolute Gasteiger partial charge is 0.508 e. The van der Waals surface area contributed by atoms with Crippen molar-refractivity contribution in [3.8, 4) is 11.8 Å². The topological polar surface area (TPSA) is 126 Å². The number of fused-ring (bicyclic) bond motifs is 1. The molecule has 11 nitrogen and oxygen atoms in total. The molecule has 12 heteroatoms. The molecule has 4 heterocycles. The third-order valence-corrected chi connectivity index (χ3v) is 10.4. The molecule has 0 bridgehead atoms. The van der Waals surface area contributed by atoms with Crippen molar-refractivity contribution in [2.45, 2.75) is 38.4 Å². The van der Waals surface area contributed by atoms with Gasteiger partial charge >= 0.3 is 0 Å². The van der Waals surface area contributed by atoms with Gasteiger partial charge in [0, 0.05) is 73.7 Å². The number of carbonyl (C=O) groups excluding carboxylic acids is 2. The van der Waals surface area contributed by atoms with Gasteiger partial charge in [-0.05, 0) is 78.6 Å². The number of ether oxygens (including phenoxy) is 1. The van der Waals surface area contributed by atoms with E-state index in [9.17, 15) is 20.0 Å². The van der Waals surface area contributed by atoms with Crippen LogP contribution in [0, 0.1) is 11.3 Å². The molecule has 0 saturated carbocycles. The SMILES string of the molecule is CC1=C(C(=O)N(c2ccc(O)cc2)c2ccnc(C#N)n2)CC(c2cc(Cl)ccc2C(=O)N2Cc3ccccc3C[C@H]2CN2CCOCC2)N1C. The Hall–Kier alpha value is -5.28. The molecule has 1 aromatic heterocycles. The van der Waals surface area contributed by atoms with E-state index < -0.39 is 0 Å². The summed E-state index contributed by atoms with van der Waals surface area (Å²) in [5, 5.41) is 20.0. The lowest BCUT2D eigenvalue weighted by molar-refractivity contribution is -0.114. The Morgan fingerprint density at radius 3 is 2.53 bits per heavy atom. The molecule has 1 N–H and O–H groups in total. The average molecular weight is 704 g/mol. The first-order valence-corrected chi connectivity index (χ1v) is 17.4. The average Bonchev–Trinajstić information content (AvgIpc) is 3.45. The molecule has 0 aliphatic carbocycles. The molecule has 0 spiro atoms. The minimum Gasteiger partial charge on any atom is -0.508 e. The second-order valence-corrected chi connectivity index (χ2v) is 13.5. The van der Waals surface area contributed by atoms with Crippen molar-refractivity contribution in [1.82, 2.24) is 24.7 Å². The number of hydrogen-bond acceptors (Lipinski definition) is 9. The van der Waals surface area contributed by atoms with Gasteiger partial charge in [0.25, 0.3) is 11.8 Å². The lowest BCUT2D eigenvalue weighted by Crippen LogP contribution is -2.52. The van der Waals surface area contributed by atoms with Crippen molar-refractivity contribution < 1.29 is 19.4 Å². The standard InChI is InChI=1S/C39H38ClN7O4/c1-25-33(39(50)47(29-8-10-31(48)11-9-29)37-13-14-42-36(22-41)43-37)21-35(44(25)2)34-20-28(40)7-12-32(34)38(49)46-23-27-6-4-3-5-26(27)19-30(46)24-45-15-17-51-18-16-45/h3-14,20,30,35,48H,15-19,21,23-24H2,1-2H3/t30-,35?/m0/s1. The number of morpholine rings is 1. The van der Waals surface area contributed by atoms with E-state index in [-0.39, 0.29) is 41.3 Å². The molecule has 0 radical (unpaired) electrons. The maximum absolute atomic E-state index is 14.8. The van der Waals surface area contributed by atoms with Gasteiger partial charge in [-0.15, -0.1) is 0 Å². The molecule has 7 rings (SSSR count). The van der Waals surface area contributed by atoms with E-state index in [0.717, 1.165) is 42.9 Å². The van der Waals surface area contributed by atoms with Crippen LogP contribution in [0.4, 0.5) is 11.5 Å². The number of nitrogens with zero attached hydrogens (tertiary/aromatic N) is 7. The predicted octanol–water partition coefficient (Wildman–Crippen LogP) is 5.62. The van der Waals surface area contributed by atoms with E-state index in [0.29, 0.717) is 48.0 Å². The van der Waals surface area contributed by atoms with Gasteiger partial charge in [0.15, 0.2) is 0 Å². The number of halogens is 1. The van der Waals surface area contributed by atoms with Crippen molar-refractivity contribution >= 4 is 34.9 Å². The van der Waals surface area contributed by atoms with Gasteiger partial charge in [0.05, 0.1) is 24.9 Å². The molecule has 51 heavy (non-hydrogen) atoms. The van der Waals surface area contributed by atoms with E-state index in [4.69, 9.17) is 16.3 Å². The van der Waals surface area contributed by atoms with E-state index >= 15 is 0 Å². The molecule has 3 aromatic carbocycles. The smallest absolute Gasteiger partial charge is 0.261 e. The van der Waals surface area contributed by atoms with E-state index in [1.807, 2.05) is 48.0 Å². The molecule has 3 aliphatic heterocycles. The van der Waals surface area contributed by atoms with Crippen molar-refractivity contribution in [3.63, 3.8) is 0 Å². The second kappa shape index (κ2) is 14.5. The van der Waals surface area contributed by atoms with E-state index in [2.05, 4.69) is 33.1 Å². The number of benzene rings is 3. The highest BCUT2D eigenvalue weighted by Gasteiger charge is 2.39. The van der Waals surface area contributed by atoms with Crippen LogP contribution < -0.4 is 4.90 Å². The third kappa shape index (κ3) is 6.90. The Labute approximate surface area is 302 Å². The van der Waals surface area contributed by atoms with Crippen LogP contribution in [0.2, 0.25) is 5.02 Å². The van der Waals surface area contributed by atoms with Crippen molar-refractivity contribution in [2.24, 2.45) is 0 Å². The number of phenols is 1. The fraction of sp³-hybridized carbons (Fsp3) is 0.308. The number of amides is 2. The summed E-state index contributed by atoms with van der Waals surface area (Å²) in [4.78, 5) is 45.5. The Morgan fingerprint density at radius 2 is 1.78 bits per heavy atom. The van der Waals surface area contributed by atoms with Crippen LogP contribution in [-0.4, -0.2) is 87.5 Å². The van der Waals surface area contributed by atoms with Gasteiger partial charge in [-0.3, -0.25) is 19.4 Å². The highest BCUT2D eigenvalue weighted by Crippen LogP contribution is 2.42. The van der Waals surface area contributed by atoms with Crippen LogP contribution in [0.15, 0.2) is 90.3 Å². The summed E-state index contributed by atoms with van der Waals surface area (Å²) < 4.78 is 5.60. The van der Waals surface area contributed by atoms with Crippen LogP contribution >= 0.6 is 11.6 Å². The highest BCUT2D eigenvalue weighted by molar-refractivity contribution is 6.30. The number of anilines is 2. The van der Waals surface area contributed by atoms with E-state index in [1.54, 1.807) is 24.3 Å². The molecule has 3 aliphatic rings. The Kier molecular flexibility index (Phi) is 9.73. The van der Waals surface area contributed by atoms with Gasteiger partial charge in [-0.1, -0.05) is 35.9 Å². The number of rotatable bonds is 7. The number of allylic oxidation sites excluding steroid dienone is 1. The number of carbonyl (C=O) groups is 2. The van der Waals surface area contributed by atoms with Crippen molar-refractivity contribution in [2.75, 3.05) is 44.8 Å². The maximum atomic E-state index is 14.8. The molecule has 4 aromatic rings. The van der Waals surface area contributed by atoms with Crippen LogP contribution in [0.5, 0.6) is 5.75 Å². The van der Waals surface area contributed by atoms with Crippen molar-refractivity contribution in [1.29, 1.82) is 5.26 Å². The quantitative estimate of drug-likeness (QED) is 0.261. The number of aromatic hydroxyl groups is 1. The third-order valence-electron chi connectivity index (χ3n) is 10.2. The molecule has 260 valence electrons. The summed E-state index contributed by atoms with van der Waals surface area (Å²) in [7, 11) is 1.91. The molecule has 2 amide bonds. The lowest BCUT2D eigenvalue weighted by atomic mass is 9.91. The minimum atomic E-state index is -0.363. The normalized spacial score (nSPS) is 19.1. The highest BCUT2D eigenvalue weighted by atomic mass is 35.5. The zero-order valence-corrected chi connectivity index (χ0v) is 29.3. The summed E-state index contributed by atoms with van der Waals surface area (Å²) >= 11 is 6.63. The summed E-state index contributed by atoms with van der Waals surface area (Å²) in [6.45, 7) is 6.15. The summed E-state index contributed by atoms with van der Waals surface area (Å²) in [5.74, 6) is -0.228. The first kappa shape index (κ1) is 34.2. The van der Waals surface area contributed by atoms with Crippen molar-refractivity contribution in [3.05, 3.63) is 123 Å². The van der Waals surface area contributed by atoms with Crippen LogP contribution in [0.1, 0.15) is 52.3 Å². The molecule has 2 atom stereocenters. The van der Waals surface area contributed by atoms with Crippen LogP contribution in [0.25, 0.3) is 0 Å². The Bertz CT molecular complexity index is 2040. The molecular weight excluding hydrogens is 666 g/mol. The monoisotopic (exact) mass is 703 g/mol. The zero-order chi connectivity index (χ0) is 35.6. The fourth-order valence-electron chi connectivity index (χ4n) is 7.33. The number of phenolic OH excluding ortho intramolecular Hbond substituents is 1. The fourth-order valence-corrected chi connectivity index (χ4v) is 7.51. The molecule has 1 unspecified atom stereocenters. The van der Waals surface area contributed by atoms with Gasteiger partial charge in [0.1, 0.15) is 17.6 Å². The first-order valence-electron chi connectivity index (χ1n) is 17.0. The lowest BCUT2D eigenvalue weighted by Gasteiger charge is -2.41. The van der Waals surface area contributed by atoms with Gasteiger partial charge in [-0.25, -0.2) is 9.97 Å². The Balaban J connectivity index is 1.22. The number of nitriles is 1. The number of aromatic nitrogens is 2. The molecule has 1 fully saturated rings. The second-order valence-electron chi connectivity index (χ2n) is 13.1.